The van der Waals surface area contributed by atoms with E-state index >= 15 is 0 Å². The molecule has 0 aromatic heterocycles. The van der Waals surface area contributed by atoms with E-state index in [1.54, 1.807) is 0 Å². The maximum Gasteiger partial charge on any atom is 0.0860 e. The first-order chi connectivity index (χ1) is 3.91. The van der Waals surface area contributed by atoms with Gasteiger partial charge in [0.15, 0.2) is 0 Å². The topological polar surface area (TPSA) is 76.8 Å². The fourth-order valence-corrected chi connectivity index (χ4v) is 0.216. The summed E-state index contributed by atoms with van der Waals surface area (Å²) in [6.45, 7) is 0.604. The zero-order chi connectivity index (χ0) is 6.24. The molecule has 0 radical (unpaired) electrons. The molecule has 0 bridgehead atoms. The van der Waals surface area contributed by atoms with Gasteiger partial charge in [-0.2, -0.15) is 0 Å². The minimum absolute atomic E-state index is 0.302. The highest BCUT2D eigenvalue weighted by atomic mass is 14.9. The van der Waals surface area contributed by atoms with Crippen molar-refractivity contribution in [2.75, 3.05) is 13.3 Å². The van der Waals surface area contributed by atoms with Gasteiger partial charge in [0.1, 0.15) is 0 Å². The predicted octanol–water partition coefficient (Wildman–Crippen LogP) is -1.04. The normalized spacial score (nSPS) is 11.8. The fraction of sp³-hybridized carbons (Fsp3) is 0.500. The van der Waals surface area contributed by atoms with Crippen LogP contribution in [0.5, 0.6) is 0 Å². The van der Waals surface area contributed by atoms with E-state index in [0.717, 1.165) is 0 Å². The first-order valence-corrected chi connectivity index (χ1v) is 2.30. The minimum atomic E-state index is 0.302. The highest BCUT2D eigenvalue weighted by molar-refractivity contribution is 6.15. The molecule has 4 heteroatoms. The Morgan fingerprint density at radius 3 is 1.62 bits per heavy atom. The molecule has 0 aromatic carbocycles. The van der Waals surface area contributed by atoms with Crippen LogP contribution >= 0.6 is 0 Å². The van der Waals surface area contributed by atoms with Crippen LogP contribution in [0, 0.1) is 0 Å². The number of nitrogens with zero attached hydrogens (tertiary/aromatic N) is 2. The van der Waals surface area contributed by atoms with Crippen molar-refractivity contribution in [3.63, 3.8) is 0 Å². The summed E-state index contributed by atoms with van der Waals surface area (Å²) in [7, 11) is 0. The van der Waals surface area contributed by atoms with Gasteiger partial charge in [-0.15, -0.1) is 0 Å². The molecule has 0 spiro atoms. The van der Waals surface area contributed by atoms with Crippen LogP contribution in [0.2, 0.25) is 0 Å². The molecule has 4 nitrogen and oxygen atoms in total. The third-order valence-corrected chi connectivity index (χ3v) is 0.488. The van der Waals surface area contributed by atoms with Gasteiger partial charge in [0, 0.05) is 12.4 Å². The lowest BCUT2D eigenvalue weighted by molar-refractivity contribution is 1.07. The number of aliphatic imine (C=N–C) groups is 2. The van der Waals surface area contributed by atoms with Crippen LogP contribution in [0.25, 0.3) is 0 Å². The van der Waals surface area contributed by atoms with Gasteiger partial charge in [-0.05, 0) is 0 Å². The summed E-state index contributed by atoms with van der Waals surface area (Å²) in [6, 6.07) is 0. The van der Waals surface area contributed by atoms with Gasteiger partial charge >= 0.3 is 0 Å². The molecule has 4 N–H and O–H groups in total. The third-order valence-electron chi connectivity index (χ3n) is 0.488. The minimum Gasteiger partial charge on any atom is -0.312 e. The molecule has 0 aromatic rings. The summed E-state index contributed by atoms with van der Waals surface area (Å²) < 4.78 is 0. The Morgan fingerprint density at radius 1 is 1.00 bits per heavy atom. The quantitative estimate of drug-likeness (QED) is 0.460. The standard InChI is InChI=1S/C4H10N4/c5-3-7-1-2-8-4-6/h1-2H,3-6H2/b7-1+,8-2+. The van der Waals surface area contributed by atoms with Crippen molar-refractivity contribution >= 4 is 12.4 Å². The molecule has 8 heavy (non-hydrogen) atoms. The van der Waals surface area contributed by atoms with Crippen molar-refractivity contribution in [3.8, 4) is 0 Å². The number of hydrogen-bond acceptors (Lipinski definition) is 4. The van der Waals surface area contributed by atoms with Crippen LogP contribution in [0.3, 0.4) is 0 Å². The second-order valence-corrected chi connectivity index (χ2v) is 1.03. The summed E-state index contributed by atoms with van der Waals surface area (Å²) in [5.74, 6) is 0. The lowest BCUT2D eigenvalue weighted by Crippen LogP contribution is -1.96. The molecule has 0 rings (SSSR count). The van der Waals surface area contributed by atoms with Gasteiger partial charge in [0.2, 0.25) is 0 Å². The fourth-order valence-electron chi connectivity index (χ4n) is 0.216. The molecule has 46 valence electrons. The second-order valence-electron chi connectivity index (χ2n) is 1.03. The van der Waals surface area contributed by atoms with Crippen LogP contribution < -0.4 is 11.5 Å². The van der Waals surface area contributed by atoms with Crippen LogP contribution in [0.15, 0.2) is 9.98 Å². The maximum absolute atomic E-state index is 5.02. The van der Waals surface area contributed by atoms with Crippen molar-refractivity contribution in [2.45, 2.75) is 0 Å². The molecular formula is C4H10N4. The van der Waals surface area contributed by atoms with E-state index in [0.29, 0.717) is 13.3 Å². The van der Waals surface area contributed by atoms with E-state index in [4.69, 9.17) is 11.5 Å². The average molecular weight is 114 g/mol. The highest BCUT2D eigenvalue weighted by Gasteiger charge is 1.61. The average Bonchev–Trinajstić information content (AvgIpc) is 1.81. The molecule has 0 amide bonds. The molecule has 0 aliphatic carbocycles. The lowest BCUT2D eigenvalue weighted by Gasteiger charge is -1.76. The van der Waals surface area contributed by atoms with E-state index in [9.17, 15) is 0 Å². The van der Waals surface area contributed by atoms with Gasteiger partial charge < -0.3 is 11.5 Å². The van der Waals surface area contributed by atoms with E-state index in [1.165, 1.54) is 12.4 Å². The van der Waals surface area contributed by atoms with Crippen molar-refractivity contribution < 1.29 is 0 Å². The molecule has 0 saturated carbocycles. The van der Waals surface area contributed by atoms with Gasteiger partial charge in [-0.25, -0.2) is 0 Å². The Labute approximate surface area is 48.3 Å². The van der Waals surface area contributed by atoms with Gasteiger partial charge in [0.05, 0.1) is 13.3 Å². The number of rotatable bonds is 3. The van der Waals surface area contributed by atoms with Crippen molar-refractivity contribution in [1.29, 1.82) is 0 Å². The van der Waals surface area contributed by atoms with E-state index in [1.807, 2.05) is 0 Å². The zero-order valence-electron chi connectivity index (χ0n) is 4.62. The molecule has 0 aliphatic rings. The summed E-state index contributed by atoms with van der Waals surface area (Å²) in [5.41, 5.74) is 10.0. The number of hydrogen-bond donors (Lipinski definition) is 2. The number of nitrogens with two attached hydrogens (primary N) is 2. The summed E-state index contributed by atoms with van der Waals surface area (Å²) in [6.07, 6.45) is 3.04. The SMILES string of the molecule is NC/N=C/C=N/CN. The van der Waals surface area contributed by atoms with E-state index in [-0.39, 0.29) is 0 Å². The summed E-state index contributed by atoms with van der Waals surface area (Å²) in [4.78, 5) is 7.31. The van der Waals surface area contributed by atoms with Gasteiger partial charge in [0.25, 0.3) is 0 Å². The Balaban J connectivity index is 3.13. The second kappa shape index (κ2) is 6.26. The molecular weight excluding hydrogens is 104 g/mol. The zero-order valence-corrected chi connectivity index (χ0v) is 4.62. The van der Waals surface area contributed by atoms with Crippen molar-refractivity contribution in [1.82, 2.24) is 0 Å². The Morgan fingerprint density at radius 2 is 1.38 bits per heavy atom. The summed E-state index contributed by atoms with van der Waals surface area (Å²) in [5, 5.41) is 0. The van der Waals surface area contributed by atoms with Crippen LogP contribution in [-0.4, -0.2) is 25.8 Å². The van der Waals surface area contributed by atoms with Crippen LogP contribution in [0.1, 0.15) is 0 Å². The smallest absolute Gasteiger partial charge is 0.0860 e. The van der Waals surface area contributed by atoms with Crippen LogP contribution in [-0.2, 0) is 0 Å². The first-order valence-electron chi connectivity index (χ1n) is 2.30. The molecule has 0 saturated heterocycles. The third kappa shape index (κ3) is 5.26. The molecule has 0 atom stereocenters. The van der Waals surface area contributed by atoms with Crippen LogP contribution in [0.4, 0.5) is 0 Å². The van der Waals surface area contributed by atoms with E-state index < -0.39 is 0 Å². The molecule has 0 aliphatic heterocycles. The largest absolute Gasteiger partial charge is 0.312 e. The summed E-state index contributed by atoms with van der Waals surface area (Å²) >= 11 is 0. The molecule has 0 heterocycles. The molecule has 0 unspecified atom stereocenters. The van der Waals surface area contributed by atoms with Crippen molar-refractivity contribution in [3.05, 3.63) is 0 Å². The Bertz CT molecular complexity index is 74.0. The Hall–Kier alpha value is -0.740. The maximum atomic E-state index is 5.02. The lowest BCUT2D eigenvalue weighted by atomic mass is 10.8. The predicted molar refractivity (Wildman–Crippen MR) is 35.1 cm³/mol. The Kier molecular flexibility index (Phi) is 5.68. The van der Waals surface area contributed by atoms with Gasteiger partial charge in [-0.1, -0.05) is 0 Å². The first kappa shape index (κ1) is 7.26. The highest BCUT2D eigenvalue weighted by Crippen LogP contribution is 1.54. The van der Waals surface area contributed by atoms with Crippen molar-refractivity contribution in [2.24, 2.45) is 21.5 Å². The molecule has 0 fully saturated rings. The van der Waals surface area contributed by atoms with E-state index in [2.05, 4.69) is 9.98 Å². The van der Waals surface area contributed by atoms with Gasteiger partial charge in [-0.3, -0.25) is 9.98 Å². The monoisotopic (exact) mass is 114 g/mol.